The molecule has 0 aliphatic carbocycles. The Bertz CT molecular complexity index is 598. The van der Waals surface area contributed by atoms with Crippen LogP contribution < -0.4 is 5.56 Å². The maximum atomic E-state index is 11.8. The maximum Gasteiger partial charge on any atom is 0.308 e. The molecule has 1 aromatic carbocycles. The van der Waals surface area contributed by atoms with E-state index in [1.54, 1.807) is 24.3 Å². The van der Waals surface area contributed by atoms with Gasteiger partial charge < -0.3 is 5.11 Å². The Labute approximate surface area is 101 Å². The number of nitrogens with zero attached hydrogens (tertiary/aromatic N) is 1. The molecule has 2 rings (SSSR count). The van der Waals surface area contributed by atoms with Gasteiger partial charge in [-0.1, -0.05) is 11.6 Å². The van der Waals surface area contributed by atoms with Crippen molar-refractivity contribution in [3.05, 3.63) is 51.4 Å². The number of aromatic amines is 1. The van der Waals surface area contributed by atoms with Crippen molar-refractivity contribution in [2.45, 2.75) is 6.42 Å². The molecule has 0 spiro atoms. The van der Waals surface area contributed by atoms with Gasteiger partial charge in [0.25, 0.3) is 5.56 Å². The highest BCUT2D eigenvalue weighted by atomic mass is 35.5. The van der Waals surface area contributed by atoms with Crippen LogP contribution in [0.15, 0.2) is 35.3 Å². The number of carboxylic acid groups (broad SMARTS) is 1. The van der Waals surface area contributed by atoms with Crippen molar-refractivity contribution in [2.24, 2.45) is 0 Å². The molecule has 17 heavy (non-hydrogen) atoms. The normalized spacial score (nSPS) is 10.4. The Morgan fingerprint density at radius 1 is 1.35 bits per heavy atom. The van der Waals surface area contributed by atoms with Crippen LogP contribution in [0.25, 0.3) is 5.69 Å². The van der Waals surface area contributed by atoms with Gasteiger partial charge in [-0.2, -0.15) is 0 Å². The summed E-state index contributed by atoms with van der Waals surface area (Å²) in [5.41, 5.74) is 0.457. The molecular formula is C11H9ClN2O3. The molecule has 0 saturated heterocycles. The Balaban J connectivity index is 2.40. The van der Waals surface area contributed by atoms with E-state index in [0.717, 1.165) is 0 Å². The summed E-state index contributed by atoms with van der Waals surface area (Å²) < 4.78 is 1.27. The monoisotopic (exact) mass is 252 g/mol. The Morgan fingerprint density at radius 3 is 2.59 bits per heavy atom. The predicted octanol–water partition coefficient (Wildman–Crippen LogP) is 1.45. The molecule has 0 fully saturated rings. The van der Waals surface area contributed by atoms with E-state index in [4.69, 9.17) is 16.7 Å². The summed E-state index contributed by atoms with van der Waals surface area (Å²) in [5.74, 6) is -1.04. The summed E-state index contributed by atoms with van der Waals surface area (Å²) in [4.78, 5) is 22.4. The second-order valence-corrected chi connectivity index (χ2v) is 3.92. The fourth-order valence-corrected chi connectivity index (χ4v) is 1.60. The first kappa shape index (κ1) is 11.5. The van der Waals surface area contributed by atoms with Crippen molar-refractivity contribution in [3.63, 3.8) is 0 Å². The average Bonchev–Trinajstić information content (AvgIpc) is 2.61. The van der Waals surface area contributed by atoms with Crippen molar-refractivity contribution in [3.8, 4) is 5.69 Å². The minimum absolute atomic E-state index is 0.215. The molecule has 1 aromatic heterocycles. The van der Waals surface area contributed by atoms with Crippen molar-refractivity contribution < 1.29 is 9.90 Å². The van der Waals surface area contributed by atoms with Crippen LogP contribution in [0, 0.1) is 0 Å². The Hall–Kier alpha value is -2.01. The van der Waals surface area contributed by atoms with Gasteiger partial charge in [0.05, 0.1) is 12.1 Å². The number of nitrogens with one attached hydrogen (secondary N) is 1. The molecule has 0 bridgehead atoms. The summed E-state index contributed by atoms with van der Waals surface area (Å²) in [6, 6.07) is 6.65. The Morgan fingerprint density at radius 2 is 2.00 bits per heavy atom. The van der Waals surface area contributed by atoms with Crippen LogP contribution in [0.3, 0.4) is 0 Å². The van der Waals surface area contributed by atoms with Crippen LogP contribution in [0.4, 0.5) is 0 Å². The molecule has 5 nitrogen and oxygen atoms in total. The van der Waals surface area contributed by atoms with Gasteiger partial charge in [0.15, 0.2) is 0 Å². The van der Waals surface area contributed by atoms with Gasteiger partial charge in [-0.05, 0) is 24.3 Å². The third kappa shape index (κ3) is 2.39. The summed E-state index contributed by atoms with van der Waals surface area (Å²) in [6.07, 6.45) is 1.10. The fourth-order valence-electron chi connectivity index (χ4n) is 1.48. The number of rotatable bonds is 3. The molecule has 2 aromatic rings. The molecule has 2 N–H and O–H groups in total. The smallest absolute Gasteiger partial charge is 0.308 e. The van der Waals surface area contributed by atoms with Gasteiger partial charge in [0.1, 0.15) is 0 Å². The lowest BCUT2D eigenvalue weighted by atomic mass is 10.2. The van der Waals surface area contributed by atoms with Gasteiger partial charge >= 0.3 is 5.97 Å². The van der Waals surface area contributed by atoms with Gasteiger partial charge in [-0.15, -0.1) is 0 Å². The molecule has 0 radical (unpaired) electrons. The van der Waals surface area contributed by atoms with Crippen molar-refractivity contribution in [1.29, 1.82) is 0 Å². The minimum atomic E-state index is -1.04. The van der Waals surface area contributed by atoms with Gasteiger partial charge in [-0.25, -0.2) is 4.68 Å². The van der Waals surface area contributed by atoms with E-state index in [0.29, 0.717) is 10.7 Å². The highest BCUT2D eigenvalue weighted by molar-refractivity contribution is 6.30. The van der Waals surface area contributed by atoms with E-state index in [1.807, 2.05) is 0 Å². The standard InChI is InChI=1S/C11H9ClN2O3/c12-8-1-3-9(4-2-8)14-11(17)7(6-13-14)5-10(15)16/h1-4,6,13H,5H2,(H,15,16). The lowest BCUT2D eigenvalue weighted by Gasteiger charge is -2.00. The third-order valence-corrected chi connectivity index (χ3v) is 2.52. The topological polar surface area (TPSA) is 75.1 Å². The van der Waals surface area contributed by atoms with Gasteiger partial charge in [0.2, 0.25) is 0 Å². The quantitative estimate of drug-likeness (QED) is 0.868. The number of aliphatic carboxylic acids is 1. The molecule has 0 unspecified atom stereocenters. The maximum absolute atomic E-state index is 11.8. The largest absolute Gasteiger partial charge is 0.481 e. The molecule has 88 valence electrons. The average molecular weight is 253 g/mol. The van der Waals surface area contributed by atoms with E-state index >= 15 is 0 Å². The predicted molar refractivity (Wildman–Crippen MR) is 62.7 cm³/mol. The molecule has 0 amide bonds. The van der Waals surface area contributed by atoms with Crippen LogP contribution >= 0.6 is 11.6 Å². The van der Waals surface area contributed by atoms with E-state index in [-0.39, 0.29) is 17.5 Å². The number of hydrogen-bond acceptors (Lipinski definition) is 2. The van der Waals surface area contributed by atoms with Crippen molar-refractivity contribution in [2.75, 3.05) is 0 Å². The van der Waals surface area contributed by atoms with Crippen LogP contribution in [0.2, 0.25) is 5.02 Å². The van der Waals surface area contributed by atoms with Crippen LogP contribution in [-0.2, 0) is 11.2 Å². The summed E-state index contributed by atoms with van der Waals surface area (Å²) in [6.45, 7) is 0. The second kappa shape index (κ2) is 4.47. The second-order valence-electron chi connectivity index (χ2n) is 3.49. The lowest BCUT2D eigenvalue weighted by Crippen LogP contribution is -2.19. The van der Waals surface area contributed by atoms with Crippen molar-refractivity contribution >= 4 is 17.6 Å². The SMILES string of the molecule is O=C(O)Cc1c[nH]n(-c2ccc(Cl)cc2)c1=O. The molecule has 0 aliphatic rings. The highest BCUT2D eigenvalue weighted by Gasteiger charge is 2.10. The number of benzene rings is 1. The van der Waals surface area contributed by atoms with E-state index in [2.05, 4.69) is 5.10 Å². The first-order valence-electron chi connectivity index (χ1n) is 4.85. The summed E-state index contributed by atoms with van der Waals surface area (Å²) >= 11 is 5.74. The van der Waals surface area contributed by atoms with Crippen LogP contribution in [-0.4, -0.2) is 20.9 Å². The van der Waals surface area contributed by atoms with Crippen molar-refractivity contribution in [1.82, 2.24) is 9.78 Å². The molecular weight excluding hydrogens is 244 g/mol. The van der Waals surface area contributed by atoms with Gasteiger partial charge in [0, 0.05) is 16.8 Å². The third-order valence-electron chi connectivity index (χ3n) is 2.27. The van der Waals surface area contributed by atoms with Gasteiger partial charge in [-0.3, -0.25) is 14.7 Å². The zero-order valence-corrected chi connectivity index (χ0v) is 9.44. The molecule has 1 heterocycles. The number of H-pyrrole nitrogens is 1. The Kier molecular flexibility index (Phi) is 3.01. The number of hydrogen-bond donors (Lipinski definition) is 2. The molecule has 0 atom stereocenters. The molecule has 0 aliphatic heterocycles. The van der Waals surface area contributed by atoms with E-state index in [1.165, 1.54) is 10.9 Å². The van der Waals surface area contributed by atoms with Crippen LogP contribution in [0.5, 0.6) is 0 Å². The highest BCUT2D eigenvalue weighted by Crippen LogP contribution is 2.11. The molecule has 0 saturated carbocycles. The first-order valence-corrected chi connectivity index (χ1v) is 5.23. The minimum Gasteiger partial charge on any atom is -0.481 e. The van der Waals surface area contributed by atoms with Crippen LogP contribution in [0.1, 0.15) is 5.56 Å². The lowest BCUT2D eigenvalue weighted by molar-refractivity contribution is -0.136. The number of aromatic nitrogens is 2. The van der Waals surface area contributed by atoms with E-state index in [9.17, 15) is 9.59 Å². The fraction of sp³-hybridized carbons (Fsp3) is 0.0909. The first-order chi connectivity index (χ1) is 8.08. The summed E-state index contributed by atoms with van der Waals surface area (Å²) in [5, 5.41) is 11.9. The zero-order chi connectivity index (χ0) is 12.4. The summed E-state index contributed by atoms with van der Waals surface area (Å²) in [7, 11) is 0. The zero-order valence-electron chi connectivity index (χ0n) is 8.68. The molecule has 6 heteroatoms. The number of halogens is 1. The number of carboxylic acids is 1. The van der Waals surface area contributed by atoms with E-state index < -0.39 is 5.97 Å². The number of carbonyl (C=O) groups is 1.